The molecule has 1 N–H and O–H groups in total. The summed E-state index contributed by atoms with van der Waals surface area (Å²) in [7, 11) is 1.51. The lowest BCUT2D eigenvalue weighted by molar-refractivity contribution is 0.155. The largest absolute Gasteiger partial charge is 0.495 e. The van der Waals surface area contributed by atoms with Crippen molar-refractivity contribution in [1.82, 2.24) is 0 Å². The van der Waals surface area contributed by atoms with Gasteiger partial charge < -0.3 is 9.47 Å². The lowest BCUT2D eigenvalue weighted by atomic mass is 10.2. The Kier molecular flexibility index (Phi) is 5.47. The summed E-state index contributed by atoms with van der Waals surface area (Å²) < 4.78 is 10.9. The summed E-state index contributed by atoms with van der Waals surface area (Å²) in [6.45, 7) is 0.203. The molecule has 0 radical (unpaired) electrons. The van der Waals surface area contributed by atoms with Gasteiger partial charge in [0.2, 0.25) is 0 Å². The lowest BCUT2D eigenvalue weighted by Crippen LogP contribution is -2.14. The smallest absolute Gasteiger partial charge is 0.411 e. The van der Waals surface area contributed by atoms with E-state index < -0.39 is 6.09 Å². The fourth-order valence-electron chi connectivity index (χ4n) is 1.65. The number of rotatable bonds is 4. The van der Waals surface area contributed by atoms with Crippen molar-refractivity contribution in [3.05, 3.63) is 57.5 Å². The highest BCUT2D eigenvalue weighted by atomic mass is 79.9. The van der Waals surface area contributed by atoms with Crippen LogP contribution < -0.4 is 10.1 Å². The zero-order valence-corrected chi connectivity index (χ0v) is 13.6. The fourth-order valence-corrected chi connectivity index (χ4v) is 2.47. The van der Waals surface area contributed by atoms with Crippen LogP contribution in [0, 0.1) is 0 Å². The van der Waals surface area contributed by atoms with E-state index >= 15 is 0 Å². The monoisotopic (exact) mass is 369 g/mol. The summed E-state index contributed by atoms with van der Waals surface area (Å²) in [5.74, 6) is 0.471. The number of nitrogens with one attached hydrogen (secondary N) is 1. The Morgan fingerprint density at radius 3 is 2.67 bits per heavy atom. The van der Waals surface area contributed by atoms with Crippen molar-refractivity contribution in [2.75, 3.05) is 12.4 Å². The molecule has 0 bridgehead atoms. The van der Waals surface area contributed by atoms with Gasteiger partial charge in [0.15, 0.2) is 0 Å². The van der Waals surface area contributed by atoms with Crippen LogP contribution in [0.15, 0.2) is 46.9 Å². The lowest BCUT2D eigenvalue weighted by Gasteiger charge is -2.11. The van der Waals surface area contributed by atoms with Crippen molar-refractivity contribution in [3.8, 4) is 5.75 Å². The number of benzene rings is 2. The van der Waals surface area contributed by atoms with E-state index in [1.165, 1.54) is 7.11 Å². The van der Waals surface area contributed by atoms with Crippen LogP contribution in [0.3, 0.4) is 0 Å². The number of ether oxygens (including phenoxy) is 2. The highest BCUT2D eigenvalue weighted by Crippen LogP contribution is 2.34. The average molecular weight is 371 g/mol. The van der Waals surface area contributed by atoms with Crippen LogP contribution in [0.25, 0.3) is 0 Å². The maximum Gasteiger partial charge on any atom is 0.411 e. The van der Waals surface area contributed by atoms with E-state index in [0.717, 1.165) is 5.56 Å². The summed E-state index contributed by atoms with van der Waals surface area (Å²) in [6, 6.07) is 12.7. The molecule has 1 amide bonds. The Hall–Kier alpha value is -1.72. The Morgan fingerprint density at radius 1 is 1.29 bits per heavy atom. The van der Waals surface area contributed by atoms with E-state index in [2.05, 4.69) is 21.2 Å². The highest BCUT2D eigenvalue weighted by molar-refractivity contribution is 9.10. The van der Waals surface area contributed by atoms with E-state index in [4.69, 9.17) is 21.1 Å². The van der Waals surface area contributed by atoms with Gasteiger partial charge in [0.1, 0.15) is 12.4 Å². The molecule has 0 unspecified atom stereocenters. The quantitative estimate of drug-likeness (QED) is 0.836. The highest BCUT2D eigenvalue weighted by Gasteiger charge is 2.11. The Balaban J connectivity index is 1.99. The van der Waals surface area contributed by atoms with Gasteiger partial charge in [0.05, 0.1) is 17.8 Å². The molecule has 0 atom stereocenters. The van der Waals surface area contributed by atoms with Crippen LogP contribution in [0.2, 0.25) is 5.02 Å². The molecule has 110 valence electrons. The molecule has 4 nitrogen and oxygen atoms in total. The van der Waals surface area contributed by atoms with Crippen molar-refractivity contribution in [1.29, 1.82) is 0 Å². The SMILES string of the molecule is COc1cc(NC(=O)OCc2ccccc2)c(Br)cc1Cl. The fraction of sp³-hybridized carbons (Fsp3) is 0.133. The molecule has 0 saturated carbocycles. The first-order valence-corrected chi connectivity index (χ1v) is 7.28. The Bertz CT molecular complexity index is 634. The molecular weight excluding hydrogens is 358 g/mol. The Labute approximate surface area is 136 Å². The predicted molar refractivity (Wildman–Crippen MR) is 86.0 cm³/mol. The van der Waals surface area contributed by atoms with Crippen molar-refractivity contribution in [2.45, 2.75) is 6.61 Å². The number of halogens is 2. The first-order valence-electron chi connectivity index (χ1n) is 6.11. The zero-order valence-electron chi connectivity index (χ0n) is 11.2. The van der Waals surface area contributed by atoms with Crippen LogP contribution >= 0.6 is 27.5 Å². The van der Waals surface area contributed by atoms with Crippen LogP contribution in [-0.4, -0.2) is 13.2 Å². The third-order valence-corrected chi connectivity index (χ3v) is 3.64. The van der Waals surface area contributed by atoms with Crippen molar-refractivity contribution in [3.63, 3.8) is 0 Å². The minimum Gasteiger partial charge on any atom is -0.495 e. The summed E-state index contributed by atoms with van der Waals surface area (Å²) in [6.07, 6.45) is -0.552. The number of hydrogen-bond donors (Lipinski definition) is 1. The van der Waals surface area contributed by atoms with Crippen molar-refractivity contribution >= 4 is 39.3 Å². The maximum atomic E-state index is 11.8. The standard InChI is InChI=1S/C15H13BrClNO3/c1-20-14-8-13(11(16)7-12(14)17)18-15(19)21-9-10-5-3-2-4-6-10/h2-8H,9H2,1H3,(H,18,19). The van der Waals surface area contributed by atoms with E-state index in [1.807, 2.05) is 30.3 Å². The predicted octanol–water partition coefficient (Wildman–Crippen LogP) is 4.86. The molecule has 6 heteroatoms. The van der Waals surface area contributed by atoms with Crippen LogP contribution in [0.5, 0.6) is 5.75 Å². The molecule has 2 rings (SSSR count). The molecule has 0 saturated heterocycles. The third-order valence-electron chi connectivity index (χ3n) is 2.69. The van der Waals surface area contributed by atoms with E-state index in [0.29, 0.717) is 20.9 Å². The van der Waals surface area contributed by atoms with Gasteiger partial charge in [-0.3, -0.25) is 5.32 Å². The Morgan fingerprint density at radius 2 is 2.00 bits per heavy atom. The molecule has 0 spiro atoms. The zero-order chi connectivity index (χ0) is 15.2. The molecule has 0 aliphatic rings. The van der Waals surface area contributed by atoms with Crippen molar-refractivity contribution < 1.29 is 14.3 Å². The summed E-state index contributed by atoms with van der Waals surface area (Å²) in [4.78, 5) is 11.8. The van der Waals surface area contributed by atoms with Gasteiger partial charge in [-0.25, -0.2) is 4.79 Å². The van der Waals surface area contributed by atoms with Gasteiger partial charge >= 0.3 is 6.09 Å². The van der Waals surface area contributed by atoms with E-state index in [-0.39, 0.29) is 6.61 Å². The minimum absolute atomic E-state index is 0.203. The number of hydrogen-bond acceptors (Lipinski definition) is 3. The maximum absolute atomic E-state index is 11.8. The first kappa shape index (κ1) is 15.7. The van der Waals surface area contributed by atoms with Gasteiger partial charge in [-0.1, -0.05) is 41.9 Å². The number of carbonyl (C=O) groups excluding carboxylic acids is 1. The number of amides is 1. The van der Waals surface area contributed by atoms with Gasteiger partial charge in [-0.15, -0.1) is 0 Å². The molecule has 0 fully saturated rings. The number of anilines is 1. The molecule has 0 aromatic heterocycles. The minimum atomic E-state index is -0.552. The van der Waals surface area contributed by atoms with E-state index in [9.17, 15) is 4.79 Å². The summed E-state index contributed by atoms with van der Waals surface area (Å²) in [5.41, 5.74) is 1.44. The second-order valence-corrected chi connectivity index (χ2v) is 5.41. The van der Waals surface area contributed by atoms with Gasteiger partial charge in [0.25, 0.3) is 0 Å². The van der Waals surface area contributed by atoms with Crippen LogP contribution in [-0.2, 0) is 11.3 Å². The van der Waals surface area contributed by atoms with Gasteiger partial charge in [-0.2, -0.15) is 0 Å². The second-order valence-electron chi connectivity index (χ2n) is 4.15. The van der Waals surface area contributed by atoms with Crippen molar-refractivity contribution in [2.24, 2.45) is 0 Å². The topological polar surface area (TPSA) is 47.6 Å². The van der Waals surface area contributed by atoms with Gasteiger partial charge in [0, 0.05) is 10.5 Å². The molecule has 0 aliphatic heterocycles. The summed E-state index contributed by atoms with van der Waals surface area (Å²) in [5, 5.41) is 3.09. The molecule has 2 aromatic carbocycles. The summed E-state index contributed by atoms with van der Waals surface area (Å²) >= 11 is 9.31. The van der Waals surface area contributed by atoms with Crippen LogP contribution in [0.1, 0.15) is 5.56 Å². The number of methoxy groups -OCH3 is 1. The average Bonchev–Trinajstić information content (AvgIpc) is 2.49. The van der Waals surface area contributed by atoms with E-state index in [1.54, 1.807) is 12.1 Å². The second kappa shape index (κ2) is 7.33. The number of carbonyl (C=O) groups is 1. The third kappa shape index (κ3) is 4.37. The molecule has 0 aliphatic carbocycles. The molecular formula is C15H13BrClNO3. The molecule has 2 aromatic rings. The normalized spacial score (nSPS) is 10.0. The van der Waals surface area contributed by atoms with Gasteiger partial charge in [-0.05, 0) is 27.6 Å². The van der Waals surface area contributed by atoms with Crippen LogP contribution in [0.4, 0.5) is 10.5 Å². The molecule has 21 heavy (non-hydrogen) atoms. The molecule has 0 heterocycles. The first-order chi connectivity index (χ1) is 10.1.